The molecule has 2 fully saturated rings. The number of primary amides is 1. The van der Waals surface area contributed by atoms with Crippen molar-refractivity contribution in [2.24, 2.45) is 23.3 Å². The minimum absolute atomic E-state index is 0.0137. The van der Waals surface area contributed by atoms with E-state index in [4.69, 9.17) is 28.5 Å². The highest BCUT2D eigenvalue weighted by Crippen LogP contribution is 2.22. The second-order valence-corrected chi connectivity index (χ2v) is 21.0. The van der Waals surface area contributed by atoms with Gasteiger partial charge in [0.15, 0.2) is 5.96 Å². The Kier molecular flexibility index (Phi) is 23.4. The largest absolute Gasteiger partial charge is 0.370 e. The van der Waals surface area contributed by atoms with Crippen LogP contribution in [0.2, 0.25) is 5.02 Å². The van der Waals surface area contributed by atoms with E-state index in [0.717, 1.165) is 4.88 Å². The average Bonchev–Trinajstić information content (AvgIpc) is 4.03. The van der Waals surface area contributed by atoms with E-state index in [9.17, 15) is 43.2 Å². The maximum absolute atomic E-state index is 14.6. The van der Waals surface area contributed by atoms with Gasteiger partial charge in [-0.15, -0.1) is 11.3 Å². The zero-order chi connectivity index (χ0) is 52.2. The standard InChI is InChI=1S/C47H69ClN12O9S2/c1-26(2)25-53-40(63)31(9-5-17-52-47(50)51)55-44(67)36-10-6-18-60(36)46(69)32-15-20-70-21-16-38(62)54-33(22-28-11-13-29(48)14-12-28)41(64)57-34(23-30-8-7-19-71-30)43(66)59-39(27(3)4)45(68)58-35(24-37(49)61)42(65)56-32/h7-8,11-14,19,26-27,31-36,39H,5-6,9-10,15-18,20-25H2,1-4H3,(H2,49,61)(H,53,63)(H,54,62)(H,55,67)(H,56,65)(H,57,64)(H,58,68)(H,59,66)(H4,50,51,52)/t31-,32+,33+,34+,35+,36+,39+/m1/s1. The van der Waals surface area contributed by atoms with Gasteiger partial charge in [0.05, 0.1) is 6.42 Å². The minimum atomic E-state index is -1.61. The molecule has 1 aromatic carbocycles. The number of hydrogen-bond acceptors (Lipinski definition) is 12. The van der Waals surface area contributed by atoms with Crippen LogP contribution in [0.5, 0.6) is 0 Å². The molecule has 9 amide bonds. The molecule has 2 aliphatic heterocycles. The van der Waals surface area contributed by atoms with Crippen LogP contribution in [0.1, 0.15) is 83.1 Å². The summed E-state index contributed by atoms with van der Waals surface area (Å²) in [5, 5.41) is 31.6. The molecule has 0 saturated carbocycles. The number of thioether (sulfide) groups is 1. The number of carbonyl (C=O) groups is 9. The molecule has 0 bridgehead atoms. The Balaban J connectivity index is 1.64. The maximum Gasteiger partial charge on any atom is 0.245 e. The van der Waals surface area contributed by atoms with Gasteiger partial charge in [0.25, 0.3) is 0 Å². The molecule has 390 valence electrons. The topological polar surface area (TPSA) is 329 Å². The molecular weight excluding hydrogens is 976 g/mol. The molecule has 4 rings (SSSR count). The number of benzene rings is 1. The van der Waals surface area contributed by atoms with Crippen LogP contribution in [0.4, 0.5) is 0 Å². The average molecular weight is 1050 g/mol. The number of hydrogen-bond donors (Lipinski definition) is 11. The number of nitrogens with one attached hydrogen (secondary N) is 9. The van der Waals surface area contributed by atoms with E-state index < -0.39 is 108 Å². The quantitative estimate of drug-likeness (QED) is 0.0575. The Hall–Kier alpha value is -5.94. The van der Waals surface area contributed by atoms with Crippen LogP contribution in [0.3, 0.4) is 0 Å². The first-order valence-corrected chi connectivity index (χ1v) is 26.2. The zero-order valence-electron chi connectivity index (χ0n) is 40.6. The highest BCUT2D eigenvalue weighted by Gasteiger charge is 2.40. The van der Waals surface area contributed by atoms with Crippen LogP contribution in [0.25, 0.3) is 0 Å². The van der Waals surface area contributed by atoms with Crippen molar-refractivity contribution >= 4 is 93.8 Å². The lowest BCUT2D eigenvalue weighted by molar-refractivity contribution is -0.142. The number of nitrogens with zero attached hydrogens (tertiary/aromatic N) is 1. The predicted octanol–water partition coefficient (Wildman–Crippen LogP) is 0.180. The highest BCUT2D eigenvalue weighted by molar-refractivity contribution is 7.99. The number of nitrogens with two attached hydrogens (primary N) is 2. The number of carbonyl (C=O) groups excluding carboxylic acids is 9. The van der Waals surface area contributed by atoms with Crippen molar-refractivity contribution < 1.29 is 43.2 Å². The normalized spacial score (nSPS) is 22.5. The van der Waals surface area contributed by atoms with Crippen molar-refractivity contribution in [1.29, 1.82) is 5.41 Å². The summed E-state index contributed by atoms with van der Waals surface area (Å²) >= 11 is 8.77. The van der Waals surface area contributed by atoms with Gasteiger partial charge in [0.1, 0.15) is 42.3 Å². The smallest absolute Gasteiger partial charge is 0.245 e. The molecule has 0 spiro atoms. The summed E-state index contributed by atoms with van der Waals surface area (Å²) in [5.74, 6) is -6.48. The Bertz CT molecular complexity index is 2180. The third kappa shape index (κ3) is 19.3. The first-order valence-electron chi connectivity index (χ1n) is 23.8. The second-order valence-electron chi connectivity index (χ2n) is 18.3. The molecule has 21 nitrogen and oxygen atoms in total. The lowest BCUT2D eigenvalue weighted by atomic mass is 10.0. The van der Waals surface area contributed by atoms with Crippen molar-refractivity contribution in [3.63, 3.8) is 0 Å². The first-order chi connectivity index (χ1) is 33.7. The summed E-state index contributed by atoms with van der Waals surface area (Å²) in [6.45, 7) is 7.92. The molecule has 0 unspecified atom stereocenters. The van der Waals surface area contributed by atoms with E-state index in [1.165, 1.54) is 28.0 Å². The van der Waals surface area contributed by atoms with Crippen LogP contribution >= 0.6 is 34.7 Å². The van der Waals surface area contributed by atoms with Gasteiger partial charge in [0, 0.05) is 54.5 Å². The van der Waals surface area contributed by atoms with Crippen LogP contribution in [-0.4, -0.2) is 137 Å². The van der Waals surface area contributed by atoms with Crippen LogP contribution in [0, 0.1) is 17.2 Å². The molecule has 13 N–H and O–H groups in total. The Labute approximate surface area is 427 Å². The number of amides is 9. The number of likely N-dealkylation sites (tertiary alicyclic amines) is 1. The lowest BCUT2D eigenvalue weighted by Crippen LogP contribution is -2.61. The minimum Gasteiger partial charge on any atom is -0.370 e. The first kappa shape index (κ1) is 57.6. The third-order valence-corrected chi connectivity index (χ3v) is 13.9. The van der Waals surface area contributed by atoms with Gasteiger partial charge in [-0.25, -0.2) is 0 Å². The Morgan fingerprint density at radius 1 is 0.831 bits per heavy atom. The molecule has 0 aliphatic carbocycles. The molecule has 7 atom stereocenters. The van der Waals surface area contributed by atoms with Crippen molar-refractivity contribution in [3.8, 4) is 0 Å². The van der Waals surface area contributed by atoms with E-state index in [2.05, 4.69) is 42.5 Å². The molecule has 2 saturated heterocycles. The van der Waals surface area contributed by atoms with Gasteiger partial charge in [-0.05, 0) is 78.8 Å². The lowest BCUT2D eigenvalue weighted by Gasteiger charge is -2.31. The van der Waals surface area contributed by atoms with E-state index in [1.807, 2.05) is 19.2 Å². The number of rotatable bonds is 17. The van der Waals surface area contributed by atoms with Crippen LogP contribution in [0.15, 0.2) is 41.8 Å². The Morgan fingerprint density at radius 2 is 1.51 bits per heavy atom. The van der Waals surface area contributed by atoms with Gasteiger partial charge in [-0.2, -0.15) is 11.8 Å². The van der Waals surface area contributed by atoms with Crippen LogP contribution in [-0.2, 0) is 56.0 Å². The summed E-state index contributed by atoms with van der Waals surface area (Å²) in [4.78, 5) is 127. The fourth-order valence-electron chi connectivity index (χ4n) is 7.90. The molecule has 71 heavy (non-hydrogen) atoms. The zero-order valence-corrected chi connectivity index (χ0v) is 43.0. The molecule has 2 aliphatic rings. The summed E-state index contributed by atoms with van der Waals surface area (Å²) in [7, 11) is 0. The van der Waals surface area contributed by atoms with E-state index in [1.54, 1.807) is 50.2 Å². The monoisotopic (exact) mass is 1040 g/mol. The summed E-state index contributed by atoms with van der Waals surface area (Å²) in [6.07, 6.45) is 0.606. The van der Waals surface area contributed by atoms with E-state index in [0.29, 0.717) is 30.0 Å². The fraction of sp³-hybridized carbons (Fsp3) is 0.574. The van der Waals surface area contributed by atoms with Crippen LogP contribution < -0.4 is 54.0 Å². The summed E-state index contributed by atoms with van der Waals surface area (Å²) in [5.41, 5.74) is 11.7. The molecular formula is C47H69ClN12O9S2. The molecule has 0 radical (unpaired) electrons. The van der Waals surface area contributed by atoms with E-state index in [-0.39, 0.29) is 75.0 Å². The number of halogens is 1. The highest BCUT2D eigenvalue weighted by atomic mass is 35.5. The molecule has 2 aromatic rings. The van der Waals surface area contributed by atoms with Gasteiger partial charge >= 0.3 is 0 Å². The molecule has 3 heterocycles. The van der Waals surface area contributed by atoms with Gasteiger partial charge in [-0.1, -0.05) is 57.5 Å². The van der Waals surface area contributed by atoms with Crippen molar-refractivity contribution in [1.82, 2.24) is 47.4 Å². The summed E-state index contributed by atoms with van der Waals surface area (Å²) < 4.78 is 0. The fourth-order valence-corrected chi connectivity index (χ4v) is 9.71. The second kappa shape index (κ2) is 28.8. The number of guanidine groups is 1. The van der Waals surface area contributed by atoms with Crippen molar-refractivity contribution in [2.45, 2.75) is 128 Å². The van der Waals surface area contributed by atoms with Crippen molar-refractivity contribution in [3.05, 3.63) is 57.2 Å². The van der Waals surface area contributed by atoms with E-state index >= 15 is 0 Å². The summed E-state index contributed by atoms with van der Waals surface area (Å²) in [6, 6.07) is 1.75. The number of thiophene rings is 1. The predicted molar refractivity (Wildman–Crippen MR) is 272 cm³/mol. The molecule has 24 heteroatoms. The third-order valence-electron chi connectivity index (χ3n) is 11.7. The maximum atomic E-state index is 14.6. The van der Waals surface area contributed by atoms with Gasteiger partial charge in [0.2, 0.25) is 53.2 Å². The Morgan fingerprint density at radius 3 is 2.15 bits per heavy atom. The van der Waals surface area contributed by atoms with Crippen molar-refractivity contribution in [2.75, 3.05) is 31.1 Å². The van der Waals surface area contributed by atoms with Gasteiger partial charge < -0.3 is 58.9 Å². The SMILES string of the molecule is CC(C)CNC(=O)[C@@H](CCCNC(=N)N)NC(=O)[C@@H]1CCCN1C(=O)[C@@H]1CCSCCC(=O)N[C@@H](Cc2ccc(Cl)cc2)C(=O)N[C@@H](Cc2cccs2)C(=O)N[C@@H](C(C)C)C(=O)N[C@@H](CC(N)=O)C(=O)N1. The molecule has 1 aromatic heterocycles. The van der Waals surface area contributed by atoms with Gasteiger partial charge in [-0.3, -0.25) is 48.6 Å².